The summed E-state index contributed by atoms with van der Waals surface area (Å²) in [6.45, 7) is 6.79. The molecule has 0 atom stereocenters. The van der Waals surface area contributed by atoms with Crippen LogP contribution in [0.2, 0.25) is 0 Å². The van der Waals surface area contributed by atoms with Crippen molar-refractivity contribution in [2.45, 2.75) is 40.0 Å². The summed E-state index contributed by atoms with van der Waals surface area (Å²) in [7, 11) is 0. The van der Waals surface area contributed by atoms with E-state index in [2.05, 4.69) is 37.1 Å². The van der Waals surface area contributed by atoms with Gasteiger partial charge in [0.25, 0.3) is 0 Å². The first-order chi connectivity index (χ1) is 10.5. The molecule has 4 nitrogen and oxygen atoms in total. The fraction of sp³-hybridized carbons (Fsp3) is 0.500. The zero-order chi connectivity index (χ0) is 16.2. The number of aryl methyl sites for hydroxylation is 1. The Kier molecular flexibility index (Phi) is 5.24. The fourth-order valence-corrected chi connectivity index (χ4v) is 2.89. The van der Waals surface area contributed by atoms with Crippen LogP contribution in [0.25, 0.3) is 10.9 Å². The number of nitrogens with one attached hydrogen (secondary N) is 2. The van der Waals surface area contributed by atoms with Gasteiger partial charge in [-0.15, -0.1) is 0 Å². The average Bonchev–Trinajstić information content (AvgIpc) is 2.94. The lowest BCUT2D eigenvalue weighted by Crippen LogP contribution is -2.39. The zero-order valence-corrected chi connectivity index (χ0v) is 13.7. The van der Waals surface area contributed by atoms with Crippen molar-refractivity contribution < 1.29 is 9.90 Å². The Labute approximate surface area is 131 Å². The Morgan fingerprint density at radius 1 is 1.32 bits per heavy atom. The van der Waals surface area contributed by atoms with Crippen LogP contribution in [0.3, 0.4) is 0 Å². The number of hydrogen-bond donors (Lipinski definition) is 3. The normalized spacial score (nSPS) is 11.8. The summed E-state index contributed by atoms with van der Waals surface area (Å²) in [5, 5.41) is 13.7. The molecule has 1 aromatic carbocycles. The van der Waals surface area contributed by atoms with E-state index < -0.39 is 0 Å². The molecule has 0 bridgehead atoms. The van der Waals surface area contributed by atoms with E-state index in [0.717, 1.165) is 29.3 Å². The highest BCUT2D eigenvalue weighted by Gasteiger charge is 2.25. The first kappa shape index (κ1) is 16.6. The van der Waals surface area contributed by atoms with Crippen molar-refractivity contribution >= 4 is 16.8 Å². The summed E-state index contributed by atoms with van der Waals surface area (Å²) in [6, 6.07) is 6.09. The van der Waals surface area contributed by atoms with E-state index >= 15 is 0 Å². The van der Waals surface area contributed by atoms with E-state index in [-0.39, 0.29) is 17.9 Å². The number of aliphatic hydroxyl groups excluding tert-OH is 1. The van der Waals surface area contributed by atoms with Gasteiger partial charge in [0.05, 0.1) is 13.0 Å². The summed E-state index contributed by atoms with van der Waals surface area (Å²) >= 11 is 0. The van der Waals surface area contributed by atoms with Gasteiger partial charge in [0.2, 0.25) is 5.91 Å². The molecule has 2 rings (SSSR count). The number of carbonyl (C=O) groups excluding carboxylic acids is 1. The minimum absolute atomic E-state index is 0.00359. The molecule has 0 fully saturated rings. The molecule has 0 saturated carbocycles. The van der Waals surface area contributed by atoms with Gasteiger partial charge >= 0.3 is 0 Å². The first-order valence-corrected chi connectivity index (χ1v) is 7.98. The number of aromatic nitrogens is 1. The summed E-state index contributed by atoms with van der Waals surface area (Å²) in [6.07, 6.45) is 3.98. The van der Waals surface area contributed by atoms with E-state index in [0.29, 0.717) is 13.0 Å². The molecule has 0 radical (unpaired) electrons. The van der Waals surface area contributed by atoms with Gasteiger partial charge in [-0.2, -0.15) is 0 Å². The molecular formula is C18H26N2O2. The molecule has 1 heterocycles. The molecule has 0 unspecified atom stereocenters. The summed E-state index contributed by atoms with van der Waals surface area (Å²) < 4.78 is 0. The van der Waals surface area contributed by atoms with E-state index in [1.807, 2.05) is 18.3 Å². The molecule has 3 N–H and O–H groups in total. The van der Waals surface area contributed by atoms with Gasteiger partial charge in [-0.25, -0.2) is 0 Å². The number of aromatic amines is 1. The van der Waals surface area contributed by atoms with E-state index in [1.165, 1.54) is 5.56 Å². The van der Waals surface area contributed by atoms with Gasteiger partial charge in [0.1, 0.15) is 0 Å². The lowest BCUT2D eigenvalue weighted by atomic mass is 9.83. The van der Waals surface area contributed by atoms with Crippen LogP contribution in [0.4, 0.5) is 0 Å². The first-order valence-electron chi connectivity index (χ1n) is 7.98. The van der Waals surface area contributed by atoms with Gasteiger partial charge < -0.3 is 15.4 Å². The Morgan fingerprint density at radius 2 is 2.05 bits per heavy atom. The maximum absolute atomic E-state index is 12.3. The van der Waals surface area contributed by atoms with Crippen molar-refractivity contribution in [3.8, 4) is 0 Å². The maximum atomic E-state index is 12.3. The number of aliphatic hydroxyl groups is 1. The number of H-pyrrole nitrogens is 1. The Bertz CT molecular complexity index is 633. The Morgan fingerprint density at radius 3 is 2.68 bits per heavy atom. The number of hydrogen-bond acceptors (Lipinski definition) is 2. The van der Waals surface area contributed by atoms with E-state index in [1.54, 1.807) is 0 Å². The second kappa shape index (κ2) is 6.97. The second-order valence-corrected chi connectivity index (χ2v) is 6.13. The van der Waals surface area contributed by atoms with Crippen molar-refractivity contribution in [1.82, 2.24) is 10.3 Å². The summed E-state index contributed by atoms with van der Waals surface area (Å²) in [5.41, 5.74) is 3.06. The third-order valence-corrected chi connectivity index (χ3v) is 4.84. The predicted molar refractivity (Wildman–Crippen MR) is 89.9 cm³/mol. The van der Waals surface area contributed by atoms with Gasteiger partial charge in [-0.1, -0.05) is 26.0 Å². The topological polar surface area (TPSA) is 65.1 Å². The highest BCUT2D eigenvalue weighted by Crippen LogP contribution is 2.25. The van der Waals surface area contributed by atoms with Gasteiger partial charge in [0, 0.05) is 29.1 Å². The summed E-state index contributed by atoms with van der Waals surface area (Å²) in [5.74, 6) is 0.00359. The van der Waals surface area contributed by atoms with Crippen molar-refractivity contribution in [1.29, 1.82) is 0 Å². The van der Waals surface area contributed by atoms with Gasteiger partial charge in [-0.05, 0) is 37.0 Å². The molecule has 0 aliphatic heterocycles. The SMILES string of the molecule is CCC(CC)(CO)CNC(=O)Cc1c[nH]c2cccc(C)c12. The van der Waals surface area contributed by atoms with Gasteiger partial charge in [-0.3, -0.25) is 4.79 Å². The van der Waals surface area contributed by atoms with Crippen LogP contribution in [0.5, 0.6) is 0 Å². The molecule has 0 aliphatic rings. The van der Waals surface area contributed by atoms with Crippen molar-refractivity contribution in [2.24, 2.45) is 5.41 Å². The fourth-order valence-electron chi connectivity index (χ4n) is 2.89. The quantitative estimate of drug-likeness (QED) is 0.736. The molecule has 0 saturated heterocycles. The third kappa shape index (κ3) is 3.33. The lowest BCUT2D eigenvalue weighted by Gasteiger charge is -2.29. The smallest absolute Gasteiger partial charge is 0.224 e. The molecular weight excluding hydrogens is 276 g/mol. The van der Waals surface area contributed by atoms with Crippen LogP contribution in [-0.2, 0) is 11.2 Å². The minimum Gasteiger partial charge on any atom is -0.396 e. The van der Waals surface area contributed by atoms with E-state index in [4.69, 9.17) is 0 Å². The molecule has 1 aromatic heterocycles. The summed E-state index contributed by atoms with van der Waals surface area (Å²) in [4.78, 5) is 15.5. The molecule has 2 aromatic rings. The van der Waals surface area contributed by atoms with Crippen molar-refractivity contribution in [2.75, 3.05) is 13.2 Å². The highest BCUT2D eigenvalue weighted by molar-refractivity contribution is 5.91. The van der Waals surface area contributed by atoms with E-state index in [9.17, 15) is 9.90 Å². The Balaban J connectivity index is 2.05. The second-order valence-electron chi connectivity index (χ2n) is 6.13. The molecule has 4 heteroatoms. The number of amides is 1. The third-order valence-electron chi connectivity index (χ3n) is 4.84. The minimum atomic E-state index is -0.203. The predicted octanol–water partition coefficient (Wildman–Crippen LogP) is 2.93. The van der Waals surface area contributed by atoms with Crippen LogP contribution in [0.1, 0.15) is 37.8 Å². The highest BCUT2D eigenvalue weighted by atomic mass is 16.3. The monoisotopic (exact) mass is 302 g/mol. The van der Waals surface area contributed by atoms with Crippen LogP contribution in [0.15, 0.2) is 24.4 Å². The Hall–Kier alpha value is -1.81. The van der Waals surface area contributed by atoms with Crippen LogP contribution in [-0.4, -0.2) is 29.1 Å². The number of fused-ring (bicyclic) bond motifs is 1. The number of rotatable bonds is 7. The van der Waals surface area contributed by atoms with Gasteiger partial charge in [0.15, 0.2) is 0 Å². The lowest BCUT2D eigenvalue weighted by molar-refractivity contribution is -0.121. The molecule has 22 heavy (non-hydrogen) atoms. The van der Waals surface area contributed by atoms with Crippen LogP contribution >= 0.6 is 0 Å². The number of benzene rings is 1. The largest absolute Gasteiger partial charge is 0.396 e. The zero-order valence-electron chi connectivity index (χ0n) is 13.7. The molecule has 0 spiro atoms. The van der Waals surface area contributed by atoms with Crippen molar-refractivity contribution in [3.05, 3.63) is 35.5 Å². The van der Waals surface area contributed by atoms with Crippen LogP contribution < -0.4 is 5.32 Å². The molecule has 1 amide bonds. The number of carbonyl (C=O) groups is 1. The maximum Gasteiger partial charge on any atom is 0.224 e. The standard InChI is InChI=1S/C18H26N2O2/c1-4-18(5-2,12-21)11-20-16(22)9-14-10-19-15-8-6-7-13(3)17(14)15/h6-8,10,19,21H,4-5,9,11-12H2,1-3H3,(H,20,22). The molecule has 120 valence electrons. The molecule has 0 aliphatic carbocycles. The van der Waals surface area contributed by atoms with Crippen LogP contribution in [0, 0.1) is 12.3 Å². The average molecular weight is 302 g/mol. The van der Waals surface area contributed by atoms with Crippen molar-refractivity contribution in [3.63, 3.8) is 0 Å².